The minimum Gasteiger partial charge on any atom is -0.480 e. The molecule has 1 saturated carbocycles. The molecule has 1 aliphatic heterocycles. The van der Waals surface area contributed by atoms with Crippen molar-refractivity contribution in [3.63, 3.8) is 0 Å². The van der Waals surface area contributed by atoms with Crippen LogP contribution >= 0.6 is 12.4 Å². The molecule has 0 spiro atoms. The van der Waals surface area contributed by atoms with Gasteiger partial charge in [0.05, 0.1) is 0 Å². The molecule has 3 unspecified atom stereocenters. The molecule has 5 nitrogen and oxygen atoms in total. The number of likely N-dealkylation sites (tertiary alicyclic amines) is 1. The van der Waals surface area contributed by atoms with Crippen LogP contribution < -0.4 is 5.32 Å². The van der Waals surface area contributed by atoms with Crippen LogP contribution in [-0.2, 0) is 11.3 Å². The van der Waals surface area contributed by atoms with Gasteiger partial charge in [-0.05, 0) is 42.9 Å². The molecule has 3 rings (SSSR count). The molecule has 1 aromatic rings. The summed E-state index contributed by atoms with van der Waals surface area (Å²) >= 11 is 0. The van der Waals surface area contributed by atoms with Crippen LogP contribution in [0.1, 0.15) is 48.0 Å². The van der Waals surface area contributed by atoms with Gasteiger partial charge < -0.3 is 10.4 Å². The van der Waals surface area contributed by atoms with E-state index in [0.29, 0.717) is 24.1 Å². The van der Waals surface area contributed by atoms with Gasteiger partial charge in [0.1, 0.15) is 6.04 Å². The van der Waals surface area contributed by atoms with Crippen LogP contribution in [0.15, 0.2) is 24.3 Å². The fourth-order valence-corrected chi connectivity index (χ4v) is 4.14. The van der Waals surface area contributed by atoms with E-state index in [4.69, 9.17) is 0 Å². The lowest BCUT2D eigenvalue weighted by Crippen LogP contribution is -2.41. The number of hydrogen-bond acceptors (Lipinski definition) is 3. The number of nitrogens with zero attached hydrogens (tertiary/aromatic N) is 1. The second-order valence-corrected chi connectivity index (χ2v) is 6.65. The van der Waals surface area contributed by atoms with Crippen LogP contribution in [0.3, 0.4) is 0 Å². The minimum atomic E-state index is -0.707. The zero-order valence-corrected chi connectivity index (χ0v) is 14.7. The second kappa shape index (κ2) is 7.99. The van der Waals surface area contributed by atoms with Gasteiger partial charge in [-0.3, -0.25) is 14.5 Å². The van der Waals surface area contributed by atoms with E-state index in [1.165, 1.54) is 12.8 Å². The van der Waals surface area contributed by atoms with Crippen molar-refractivity contribution in [2.45, 2.75) is 50.7 Å². The van der Waals surface area contributed by atoms with Crippen molar-refractivity contribution >= 4 is 24.3 Å². The van der Waals surface area contributed by atoms with Gasteiger partial charge in [-0.1, -0.05) is 25.0 Å². The van der Waals surface area contributed by atoms with E-state index in [2.05, 4.69) is 10.2 Å². The highest BCUT2D eigenvalue weighted by Gasteiger charge is 2.44. The summed E-state index contributed by atoms with van der Waals surface area (Å²) in [5.74, 6) is -0.287. The molecule has 1 amide bonds. The molecule has 0 aromatic heterocycles. The molecule has 1 saturated heterocycles. The topological polar surface area (TPSA) is 69.6 Å². The molecule has 2 fully saturated rings. The SMILES string of the molecule is CNC(=O)c1ccc(CN2C(C(=O)O)CC3CCCCC32)cc1.Cl. The van der Waals surface area contributed by atoms with Gasteiger partial charge in [-0.2, -0.15) is 0 Å². The summed E-state index contributed by atoms with van der Waals surface area (Å²) in [7, 11) is 1.61. The van der Waals surface area contributed by atoms with Crippen LogP contribution in [0.25, 0.3) is 0 Å². The summed E-state index contributed by atoms with van der Waals surface area (Å²) in [6.45, 7) is 0.645. The minimum absolute atomic E-state index is 0. The normalized spacial score (nSPS) is 26.3. The summed E-state index contributed by atoms with van der Waals surface area (Å²) in [5, 5.41) is 12.2. The first-order chi connectivity index (χ1) is 11.1. The second-order valence-electron chi connectivity index (χ2n) is 6.65. The Hall–Kier alpha value is -1.59. The average Bonchev–Trinajstić information content (AvgIpc) is 2.94. The third-order valence-electron chi connectivity index (χ3n) is 5.31. The highest BCUT2D eigenvalue weighted by Crippen LogP contribution is 2.40. The number of nitrogens with one attached hydrogen (secondary N) is 1. The van der Waals surface area contributed by atoms with Crippen LogP contribution in [0, 0.1) is 5.92 Å². The number of aliphatic carboxylic acids is 1. The maximum absolute atomic E-state index is 11.6. The number of rotatable bonds is 4. The van der Waals surface area contributed by atoms with E-state index in [9.17, 15) is 14.7 Å². The van der Waals surface area contributed by atoms with E-state index in [0.717, 1.165) is 24.8 Å². The predicted octanol–water partition coefficient (Wildman–Crippen LogP) is 2.69. The first kappa shape index (κ1) is 18.7. The van der Waals surface area contributed by atoms with Crippen molar-refractivity contribution in [1.29, 1.82) is 0 Å². The Morgan fingerprint density at radius 2 is 1.88 bits per heavy atom. The van der Waals surface area contributed by atoms with Gasteiger partial charge >= 0.3 is 5.97 Å². The molecule has 2 N–H and O–H groups in total. The van der Waals surface area contributed by atoms with Crippen molar-refractivity contribution in [2.24, 2.45) is 5.92 Å². The fourth-order valence-electron chi connectivity index (χ4n) is 4.14. The first-order valence-corrected chi connectivity index (χ1v) is 8.39. The lowest BCUT2D eigenvalue weighted by Gasteiger charge is -2.33. The van der Waals surface area contributed by atoms with E-state index in [1.54, 1.807) is 19.2 Å². The number of carbonyl (C=O) groups is 2. The Kier molecular flexibility index (Phi) is 6.24. The van der Waals surface area contributed by atoms with E-state index >= 15 is 0 Å². The molecule has 1 heterocycles. The van der Waals surface area contributed by atoms with Crippen LogP contribution in [0.5, 0.6) is 0 Å². The molecule has 1 aromatic carbocycles. The third kappa shape index (κ3) is 3.73. The predicted molar refractivity (Wildman–Crippen MR) is 94.4 cm³/mol. The highest BCUT2D eigenvalue weighted by molar-refractivity contribution is 5.93. The molecular formula is C18H25ClN2O3. The fraction of sp³-hybridized carbons (Fsp3) is 0.556. The number of fused-ring (bicyclic) bond motifs is 1. The molecule has 2 aliphatic rings. The average molecular weight is 353 g/mol. The summed E-state index contributed by atoms with van der Waals surface area (Å²) in [5.41, 5.74) is 1.69. The largest absolute Gasteiger partial charge is 0.480 e. The maximum atomic E-state index is 11.6. The zero-order chi connectivity index (χ0) is 16.4. The van der Waals surface area contributed by atoms with E-state index in [1.807, 2.05) is 12.1 Å². The van der Waals surface area contributed by atoms with Crippen molar-refractivity contribution in [3.8, 4) is 0 Å². The lowest BCUT2D eigenvalue weighted by atomic mass is 9.84. The van der Waals surface area contributed by atoms with Crippen molar-refractivity contribution in [3.05, 3.63) is 35.4 Å². The van der Waals surface area contributed by atoms with Gasteiger partial charge in [-0.15, -0.1) is 12.4 Å². The summed E-state index contributed by atoms with van der Waals surface area (Å²) in [6.07, 6.45) is 5.45. The summed E-state index contributed by atoms with van der Waals surface area (Å²) < 4.78 is 0. The van der Waals surface area contributed by atoms with Gasteiger partial charge in [0, 0.05) is 25.2 Å². The molecule has 6 heteroatoms. The van der Waals surface area contributed by atoms with E-state index < -0.39 is 5.97 Å². The Morgan fingerprint density at radius 3 is 2.50 bits per heavy atom. The van der Waals surface area contributed by atoms with Crippen molar-refractivity contribution in [2.75, 3.05) is 7.05 Å². The van der Waals surface area contributed by atoms with Gasteiger partial charge in [0.25, 0.3) is 5.91 Å². The third-order valence-corrected chi connectivity index (χ3v) is 5.31. The molecular weight excluding hydrogens is 328 g/mol. The van der Waals surface area contributed by atoms with Crippen LogP contribution in [0.2, 0.25) is 0 Å². The standard InChI is InChI=1S/C18H24N2O3.ClH/c1-19-17(21)13-8-6-12(7-9-13)11-20-15-5-3-2-4-14(15)10-16(20)18(22)23;/h6-9,14-16H,2-5,10-11H2,1H3,(H,19,21)(H,22,23);1H. The smallest absolute Gasteiger partial charge is 0.320 e. The Bertz CT molecular complexity index is 590. The number of benzene rings is 1. The van der Waals surface area contributed by atoms with E-state index in [-0.39, 0.29) is 24.4 Å². The molecule has 24 heavy (non-hydrogen) atoms. The number of hydrogen-bond donors (Lipinski definition) is 2. The molecule has 0 radical (unpaired) electrons. The number of amides is 1. The molecule has 1 aliphatic carbocycles. The zero-order valence-electron chi connectivity index (χ0n) is 13.9. The molecule has 0 bridgehead atoms. The van der Waals surface area contributed by atoms with Crippen LogP contribution in [-0.4, -0.2) is 41.0 Å². The number of halogens is 1. The number of carbonyl (C=O) groups excluding carboxylic acids is 1. The molecule has 132 valence electrons. The van der Waals surface area contributed by atoms with Crippen LogP contribution in [0.4, 0.5) is 0 Å². The van der Waals surface area contributed by atoms with Gasteiger partial charge in [-0.25, -0.2) is 0 Å². The first-order valence-electron chi connectivity index (χ1n) is 8.39. The van der Waals surface area contributed by atoms with Crippen molar-refractivity contribution < 1.29 is 14.7 Å². The quantitative estimate of drug-likeness (QED) is 0.874. The monoisotopic (exact) mass is 352 g/mol. The Balaban J connectivity index is 0.00000208. The lowest BCUT2D eigenvalue weighted by molar-refractivity contribution is -0.142. The van der Waals surface area contributed by atoms with Crippen molar-refractivity contribution in [1.82, 2.24) is 10.2 Å². The Morgan fingerprint density at radius 1 is 1.21 bits per heavy atom. The maximum Gasteiger partial charge on any atom is 0.320 e. The number of carboxylic acids is 1. The summed E-state index contributed by atoms with van der Waals surface area (Å²) in [6, 6.07) is 7.49. The van der Waals surface area contributed by atoms with Gasteiger partial charge in [0.2, 0.25) is 0 Å². The van der Waals surface area contributed by atoms with Gasteiger partial charge in [0.15, 0.2) is 0 Å². The Labute approximate surface area is 148 Å². The molecule has 3 atom stereocenters. The number of carboxylic acid groups (broad SMARTS) is 1. The highest BCUT2D eigenvalue weighted by atomic mass is 35.5. The summed E-state index contributed by atoms with van der Waals surface area (Å²) in [4.78, 5) is 25.4.